The fraction of sp³-hybridized carbons (Fsp3) is 0.182. The Hall–Kier alpha value is -1.28. The Balaban J connectivity index is 3.03. The second-order valence-corrected chi connectivity index (χ2v) is 3.81. The first-order valence-corrected chi connectivity index (χ1v) is 4.76. The summed E-state index contributed by atoms with van der Waals surface area (Å²) in [5.41, 5.74) is 2.55. The fourth-order valence-corrected chi connectivity index (χ4v) is 1.73. The second-order valence-electron chi connectivity index (χ2n) is 3.44. The Morgan fingerprint density at radius 2 is 2.00 bits per heavy atom. The molecule has 0 fully saturated rings. The first-order chi connectivity index (χ1) is 6.59. The molecule has 0 amide bonds. The molecule has 0 bridgehead atoms. The van der Waals surface area contributed by atoms with Gasteiger partial charge in [0.1, 0.15) is 0 Å². The van der Waals surface area contributed by atoms with E-state index >= 15 is 0 Å². The monoisotopic (exact) mass is 207 g/mol. The van der Waals surface area contributed by atoms with E-state index in [0.717, 1.165) is 16.8 Å². The van der Waals surface area contributed by atoms with Crippen LogP contribution in [0, 0.1) is 13.8 Å². The zero-order valence-electron chi connectivity index (χ0n) is 8.02. The molecular weight excluding hydrogens is 198 g/mol. The molecular formula is C11H10ClNO. The first-order valence-electron chi connectivity index (χ1n) is 4.38. The molecule has 1 aromatic heterocycles. The van der Waals surface area contributed by atoms with Crippen molar-refractivity contribution in [2.45, 2.75) is 13.8 Å². The van der Waals surface area contributed by atoms with Crippen molar-refractivity contribution in [1.82, 2.24) is 4.98 Å². The molecule has 3 heteroatoms. The molecule has 2 rings (SSSR count). The highest BCUT2D eigenvalue weighted by molar-refractivity contribution is 6.35. The van der Waals surface area contributed by atoms with E-state index < -0.39 is 0 Å². The molecule has 0 atom stereocenters. The third kappa shape index (κ3) is 1.32. The van der Waals surface area contributed by atoms with Crippen LogP contribution in [0.5, 0.6) is 0 Å². The van der Waals surface area contributed by atoms with Crippen LogP contribution in [0.4, 0.5) is 0 Å². The average Bonchev–Trinajstić information content (AvgIpc) is 2.12. The zero-order chi connectivity index (χ0) is 10.3. The minimum Gasteiger partial charge on any atom is -0.357 e. The van der Waals surface area contributed by atoms with Crippen molar-refractivity contribution in [3.8, 4) is 0 Å². The third-order valence-electron chi connectivity index (χ3n) is 2.27. The van der Waals surface area contributed by atoms with E-state index in [0.29, 0.717) is 10.4 Å². The summed E-state index contributed by atoms with van der Waals surface area (Å²) in [6.07, 6.45) is 0. The van der Waals surface area contributed by atoms with Gasteiger partial charge in [0.2, 0.25) is 0 Å². The molecule has 0 spiro atoms. The maximum atomic E-state index is 11.6. The van der Waals surface area contributed by atoms with Crippen molar-refractivity contribution >= 4 is 22.5 Å². The summed E-state index contributed by atoms with van der Waals surface area (Å²) in [5, 5.41) is 1.27. The molecule has 14 heavy (non-hydrogen) atoms. The van der Waals surface area contributed by atoms with E-state index in [9.17, 15) is 4.79 Å². The lowest BCUT2D eigenvalue weighted by molar-refractivity contribution is 1.24. The highest BCUT2D eigenvalue weighted by Crippen LogP contribution is 2.23. The number of rotatable bonds is 0. The molecule has 2 aromatic rings. The molecule has 2 nitrogen and oxygen atoms in total. The second kappa shape index (κ2) is 3.14. The lowest BCUT2D eigenvalue weighted by Gasteiger charge is -2.04. The average molecular weight is 208 g/mol. The number of pyridine rings is 1. The number of H-pyrrole nitrogens is 1. The Morgan fingerprint density at radius 3 is 2.71 bits per heavy atom. The van der Waals surface area contributed by atoms with Gasteiger partial charge in [0.25, 0.3) is 0 Å². The molecule has 1 aromatic carbocycles. The Morgan fingerprint density at radius 1 is 1.29 bits per heavy atom. The van der Waals surface area contributed by atoms with Crippen LogP contribution in [0.25, 0.3) is 10.9 Å². The maximum absolute atomic E-state index is 11.6. The summed E-state index contributed by atoms with van der Waals surface area (Å²) < 4.78 is 0. The molecule has 0 aliphatic carbocycles. The Labute approximate surface area is 86.5 Å². The van der Waals surface area contributed by atoms with Crippen LogP contribution in [-0.4, -0.2) is 4.98 Å². The van der Waals surface area contributed by atoms with Crippen LogP contribution in [-0.2, 0) is 0 Å². The SMILES string of the molecule is Cc1cc(=O)c2ccc(C)c(Cl)c2[nH]1. The summed E-state index contributed by atoms with van der Waals surface area (Å²) in [5.74, 6) is 0. The van der Waals surface area contributed by atoms with Gasteiger partial charge >= 0.3 is 0 Å². The number of hydrogen-bond acceptors (Lipinski definition) is 1. The Bertz CT molecular complexity index is 557. The van der Waals surface area contributed by atoms with Crippen molar-refractivity contribution in [3.05, 3.63) is 44.7 Å². The van der Waals surface area contributed by atoms with Gasteiger partial charge in [-0.1, -0.05) is 17.7 Å². The third-order valence-corrected chi connectivity index (χ3v) is 2.76. The van der Waals surface area contributed by atoms with Gasteiger partial charge in [-0.2, -0.15) is 0 Å². The highest BCUT2D eigenvalue weighted by Gasteiger charge is 2.05. The van der Waals surface area contributed by atoms with Gasteiger partial charge in [-0.15, -0.1) is 0 Å². The number of benzene rings is 1. The number of halogens is 1. The van der Waals surface area contributed by atoms with Crippen molar-refractivity contribution in [2.75, 3.05) is 0 Å². The molecule has 0 aliphatic rings. The molecule has 72 valence electrons. The van der Waals surface area contributed by atoms with E-state index in [1.807, 2.05) is 19.9 Å². The normalized spacial score (nSPS) is 10.8. The number of aromatic amines is 1. The van der Waals surface area contributed by atoms with E-state index in [4.69, 9.17) is 11.6 Å². The van der Waals surface area contributed by atoms with Crippen molar-refractivity contribution in [2.24, 2.45) is 0 Å². The fourth-order valence-electron chi connectivity index (χ4n) is 1.52. The summed E-state index contributed by atoms with van der Waals surface area (Å²) in [7, 11) is 0. The summed E-state index contributed by atoms with van der Waals surface area (Å²) >= 11 is 6.10. The smallest absolute Gasteiger partial charge is 0.189 e. The summed E-state index contributed by atoms with van der Waals surface area (Å²) in [6, 6.07) is 5.23. The number of hydrogen-bond donors (Lipinski definition) is 1. The lowest BCUT2D eigenvalue weighted by Crippen LogP contribution is -2.03. The molecule has 0 saturated carbocycles. The van der Waals surface area contributed by atoms with Crippen LogP contribution in [0.3, 0.4) is 0 Å². The summed E-state index contributed by atoms with van der Waals surface area (Å²) in [4.78, 5) is 14.7. The predicted molar refractivity (Wildman–Crippen MR) is 59.1 cm³/mol. The topological polar surface area (TPSA) is 32.9 Å². The van der Waals surface area contributed by atoms with Crippen LogP contribution in [0.1, 0.15) is 11.3 Å². The van der Waals surface area contributed by atoms with Gasteiger partial charge in [0.05, 0.1) is 10.5 Å². The van der Waals surface area contributed by atoms with Gasteiger partial charge in [-0.25, -0.2) is 0 Å². The molecule has 0 radical (unpaired) electrons. The molecule has 0 unspecified atom stereocenters. The standard InChI is InChI=1S/C11H10ClNO/c1-6-3-4-8-9(14)5-7(2)13-11(8)10(6)12/h3-5H,1-2H3,(H,13,14). The number of nitrogens with one attached hydrogen (secondary N) is 1. The van der Waals surface area contributed by atoms with Gasteiger partial charge < -0.3 is 4.98 Å². The van der Waals surface area contributed by atoms with Gasteiger partial charge in [-0.05, 0) is 25.5 Å². The van der Waals surface area contributed by atoms with Crippen molar-refractivity contribution in [1.29, 1.82) is 0 Å². The quantitative estimate of drug-likeness (QED) is 0.708. The maximum Gasteiger partial charge on any atom is 0.189 e. The highest BCUT2D eigenvalue weighted by atomic mass is 35.5. The van der Waals surface area contributed by atoms with E-state index in [1.165, 1.54) is 0 Å². The van der Waals surface area contributed by atoms with E-state index in [2.05, 4.69) is 4.98 Å². The Kier molecular flexibility index (Phi) is 2.08. The summed E-state index contributed by atoms with van der Waals surface area (Å²) in [6.45, 7) is 3.77. The van der Waals surface area contributed by atoms with Crippen LogP contribution in [0.15, 0.2) is 23.0 Å². The predicted octanol–water partition coefficient (Wildman–Crippen LogP) is 2.80. The van der Waals surface area contributed by atoms with Gasteiger partial charge in [0.15, 0.2) is 5.43 Å². The van der Waals surface area contributed by atoms with E-state index in [1.54, 1.807) is 12.1 Å². The molecule has 1 heterocycles. The van der Waals surface area contributed by atoms with Crippen molar-refractivity contribution in [3.63, 3.8) is 0 Å². The number of aryl methyl sites for hydroxylation is 2. The molecule has 0 aliphatic heterocycles. The van der Waals surface area contributed by atoms with Gasteiger partial charge in [0, 0.05) is 17.1 Å². The minimum absolute atomic E-state index is 0.0122. The van der Waals surface area contributed by atoms with Crippen LogP contribution < -0.4 is 5.43 Å². The minimum atomic E-state index is 0.0122. The van der Waals surface area contributed by atoms with Crippen molar-refractivity contribution < 1.29 is 0 Å². The number of aromatic nitrogens is 1. The van der Waals surface area contributed by atoms with E-state index in [-0.39, 0.29) is 5.43 Å². The van der Waals surface area contributed by atoms with Gasteiger partial charge in [-0.3, -0.25) is 4.79 Å². The lowest BCUT2D eigenvalue weighted by atomic mass is 10.1. The number of fused-ring (bicyclic) bond motifs is 1. The zero-order valence-corrected chi connectivity index (χ0v) is 8.77. The molecule has 1 N–H and O–H groups in total. The first kappa shape index (κ1) is 9.28. The molecule has 0 saturated heterocycles. The van der Waals surface area contributed by atoms with Crippen LogP contribution >= 0.6 is 11.6 Å². The van der Waals surface area contributed by atoms with Crippen LogP contribution in [0.2, 0.25) is 5.02 Å². The largest absolute Gasteiger partial charge is 0.357 e.